The molecule has 196 valence electrons. The van der Waals surface area contributed by atoms with E-state index < -0.39 is 0 Å². The van der Waals surface area contributed by atoms with E-state index in [1.54, 1.807) is 27.6 Å². The minimum absolute atomic E-state index is 0.0721. The lowest BCUT2D eigenvalue weighted by Gasteiger charge is -2.19. The van der Waals surface area contributed by atoms with Gasteiger partial charge in [-0.25, -0.2) is 9.67 Å². The lowest BCUT2D eigenvalue weighted by Crippen LogP contribution is -2.31. The maximum absolute atomic E-state index is 13.4. The molecule has 0 radical (unpaired) electrons. The number of hydrogen-bond acceptors (Lipinski definition) is 5. The molecule has 1 atom stereocenters. The lowest BCUT2D eigenvalue weighted by atomic mass is 9.88. The van der Waals surface area contributed by atoms with Crippen molar-refractivity contribution in [2.45, 2.75) is 30.0 Å². The Balaban J connectivity index is 1.15. The SMILES string of the molecule is O=C(CC1CSc2nc3c(cnn3-c3ccc(Cl)cc3)c(=O)n21)NCCC(c1ccccc1)c1ccccc1. The second kappa shape index (κ2) is 11.1. The highest BCUT2D eigenvalue weighted by Crippen LogP contribution is 2.33. The fourth-order valence-electron chi connectivity index (χ4n) is 5.09. The first kappa shape index (κ1) is 25.4. The summed E-state index contributed by atoms with van der Waals surface area (Å²) < 4.78 is 3.29. The van der Waals surface area contributed by atoms with Crippen LogP contribution >= 0.6 is 23.4 Å². The van der Waals surface area contributed by atoms with Gasteiger partial charge >= 0.3 is 0 Å². The van der Waals surface area contributed by atoms with E-state index in [0.29, 0.717) is 33.5 Å². The van der Waals surface area contributed by atoms with Crippen LogP contribution in [0.25, 0.3) is 16.7 Å². The minimum Gasteiger partial charge on any atom is -0.356 e. The smallest absolute Gasteiger partial charge is 0.265 e. The molecule has 5 aromatic rings. The number of benzene rings is 3. The second-order valence-corrected chi connectivity index (χ2v) is 10.9. The van der Waals surface area contributed by atoms with Crippen LogP contribution in [0.3, 0.4) is 0 Å². The number of carbonyl (C=O) groups excluding carboxylic acids is 1. The first-order chi connectivity index (χ1) is 19.1. The van der Waals surface area contributed by atoms with Crippen LogP contribution in [0.4, 0.5) is 0 Å². The summed E-state index contributed by atoms with van der Waals surface area (Å²) >= 11 is 7.51. The van der Waals surface area contributed by atoms with Crippen LogP contribution in [-0.4, -0.2) is 37.5 Å². The van der Waals surface area contributed by atoms with Crippen molar-refractivity contribution in [3.8, 4) is 5.69 Å². The lowest BCUT2D eigenvalue weighted by molar-refractivity contribution is -0.121. The van der Waals surface area contributed by atoms with E-state index in [2.05, 4.69) is 34.7 Å². The van der Waals surface area contributed by atoms with Gasteiger partial charge in [0.05, 0.1) is 17.9 Å². The Kier molecular flexibility index (Phi) is 7.22. The molecule has 7 nitrogen and oxygen atoms in total. The van der Waals surface area contributed by atoms with Crippen molar-refractivity contribution in [3.05, 3.63) is 118 Å². The van der Waals surface area contributed by atoms with Gasteiger partial charge in [-0.05, 0) is 41.8 Å². The molecule has 1 aliphatic rings. The molecule has 1 amide bonds. The Morgan fingerprint density at radius 3 is 2.33 bits per heavy atom. The molecule has 1 N–H and O–H groups in total. The summed E-state index contributed by atoms with van der Waals surface area (Å²) in [6, 6.07) is 27.7. The maximum Gasteiger partial charge on any atom is 0.265 e. The maximum atomic E-state index is 13.4. The van der Waals surface area contributed by atoms with Gasteiger partial charge in [0.2, 0.25) is 5.91 Å². The number of nitrogens with zero attached hydrogens (tertiary/aromatic N) is 4. The normalized spacial score (nSPS) is 14.6. The van der Waals surface area contributed by atoms with Crippen LogP contribution in [0.1, 0.15) is 35.9 Å². The van der Waals surface area contributed by atoms with Gasteiger partial charge in [0.15, 0.2) is 10.8 Å². The largest absolute Gasteiger partial charge is 0.356 e. The summed E-state index contributed by atoms with van der Waals surface area (Å²) in [5.41, 5.74) is 3.54. The van der Waals surface area contributed by atoms with E-state index in [0.717, 1.165) is 12.1 Å². The van der Waals surface area contributed by atoms with E-state index in [4.69, 9.17) is 16.6 Å². The highest BCUT2D eigenvalue weighted by Gasteiger charge is 2.29. The van der Waals surface area contributed by atoms with Gasteiger partial charge in [-0.2, -0.15) is 5.10 Å². The number of aromatic nitrogens is 4. The van der Waals surface area contributed by atoms with E-state index in [-0.39, 0.29) is 29.8 Å². The predicted molar refractivity (Wildman–Crippen MR) is 155 cm³/mol. The van der Waals surface area contributed by atoms with Crippen molar-refractivity contribution in [2.24, 2.45) is 0 Å². The number of nitrogens with one attached hydrogen (secondary N) is 1. The van der Waals surface area contributed by atoms with E-state index in [1.165, 1.54) is 22.9 Å². The second-order valence-electron chi connectivity index (χ2n) is 9.52. The molecule has 0 saturated carbocycles. The third kappa shape index (κ3) is 5.22. The van der Waals surface area contributed by atoms with Gasteiger partial charge in [-0.1, -0.05) is 84.0 Å². The standard InChI is InChI=1S/C30H26ClN5O2S/c31-22-11-13-23(14-12-22)36-28-26(18-33-36)29(38)35-24(19-39-30(35)34-28)17-27(37)32-16-15-25(20-7-3-1-4-8-20)21-9-5-2-6-10-21/h1-14,18,24-25H,15-17,19H2,(H,32,37). The van der Waals surface area contributed by atoms with Crippen LogP contribution in [-0.2, 0) is 4.79 Å². The first-order valence-electron chi connectivity index (χ1n) is 12.8. The molecule has 3 aromatic carbocycles. The van der Waals surface area contributed by atoms with Crippen LogP contribution in [0, 0.1) is 0 Å². The van der Waals surface area contributed by atoms with Gasteiger partial charge in [-0.3, -0.25) is 14.2 Å². The van der Waals surface area contributed by atoms with Crippen molar-refractivity contribution < 1.29 is 4.79 Å². The van der Waals surface area contributed by atoms with Gasteiger partial charge in [-0.15, -0.1) is 0 Å². The van der Waals surface area contributed by atoms with Gasteiger partial charge in [0.1, 0.15) is 5.39 Å². The summed E-state index contributed by atoms with van der Waals surface area (Å²) in [6.07, 6.45) is 2.54. The number of halogens is 1. The number of carbonyl (C=O) groups is 1. The van der Waals surface area contributed by atoms with Crippen LogP contribution in [0.15, 0.2) is 101 Å². The Morgan fingerprint density at radius 2 is 1.67 bits per heavy atom. The topological polar surface area (TPSA) is 81.8 Å². The highest BCUT2D eigenvalue weighted by molar-refractivity contribution is 7.99. The molecule has 9 heteroatoms. The van der Waals surface area contributed by atoms with Crippen molar-refractivity contribution in [1.82, 2.24) is 24.6 Å². The molecule has 6 rings (SSSR count). The molecule has 0 aliphatic carbocycles. The van der Waals surface area contributed by atoms with E-state index in [1.807, 2.05) is 48.5 Å². The van der Waals surface area contributed by atoms with Crippen LogP contribution in [0.2, 0.25) is 5.02 Å². The molecular formula is C30H26ClN5O2S. The molecule has 0 spiro atoms. The average molecular weight is 556 g/mol. The number of thioether (sulfide) groups is 1. The monoisotopic (exact) mass is 555 g/mol. The third-order valence-electron chi connectivity index (χ3n) is 7.02. The zero-order chi connectivity index (χ0) is 26.8. The zero-order valence-corrected chi connectivity index (χ0v) is 22.6. The zero-order valence-electron chi connectivity index (χ0n) is 21.0. The molecule has 1 unspecified atom stereocenters. The Bertz CT molecular complexity index is 1630. The number of fused-ring (bicyclic) bond motifs is 2. The number of amides is 1. The average Bonchev–Trinajstić information content (AvgIpc) is 3.57. The molecule has 0 saturated heterocycles. The quantitative estimate of drug-likeness (QED) is 0.252. The van der Waals surface area contributed by atoms with Crippen LogP contribution < -0.4 is 10.9 Å². The van der Waals surface area contributed by atoms with Gasteiger partial charge < -0.3 is 5.32 Å². The number of rotatable bonds is 8. The van der Waals surface area contributed by atoms with Gasteiger partial charge in [0, 0.05) is 29.7 Å². The summed E-state index contributed by atoms with van der Waals surface area (Å²) in [4.78, 5) is 31.2. The fraction of sp³-hybridized carbons (Fsp3) is 0.200. The molecular weight excluding hydrogens is 530 g/mol. The van der Waals surface area contributed by atoms with Crippen LogP contribution in [0.5, 0.6) is 0 Å². The first-order valence-corrected chi connectivity index (χ1v) is 14.2. The van der Waals surface area contributed by atoms with E-state index in [9.17, 15) is 9.59 Å². The summed E-state index contributed by atoms with van der Waals surface area (Å²) in [5, 5.41) is 9.14. The third-order valence-corrected chi connectivity index (χ3v) is 8.37. The summed E-state index contributed by atoms with van der Waals surface area (Å²) in [7, 11) is 0. The minimum atomic E-state index is -0.257. The number of hydrogen-bond donors (Lipinski definition) is 1. The Morgan fingerprint density at radius 1 is 1.00 bits per heavy atom. The molecule has 1 aliphatic heterocycles. The van der Waals surface area contributed by atoms with Crippen molar-refractivity contribution in [1.29, 1.82) is 0 Å². The van der Waals surface area contributed by atoms with Crippen molar-refractivity contribution >= 4 is 40.3 Å². The van der Waals surface area contributed by atoms with Gasteiger partial charge in [0.25, 0.3) is 5.56 Å². The van der Waals surface area contributed by atoms with Crippen molar-refractivity contribution in [3.63, 3.8) is 0 Å². The molecule has 39 heavy (non-hydrogen) atoms. The molecule has 2 aromatic heterocycles. The Labute approximate surface area is 234 Å². The molecule has 3 heterocycles. The summed E-state index contributed by atoms with van der Waals surface area (Å²) in [6.45, 7) is 0.542. The predicted octanol–water partition coefficient (Wildman–Crippen LogP) is 5.61. The molecule has 0 fully saturated rings. The Hall–Kier alpha value is -3.88. The van der Waals surface area contributed by atoms with E-state index >= 15 is 0 Å². The molecule has 0 bridgehead atoms. The fourth-order valence-corrected chi connectivity index (χ4v) is 6.35. The summed E-state index contributed by atoms with van der Waals surface area (Å²) in [5.74, 6) is 0.734. The van der Waals surface area contributed by atoms with Crippen molar-refractivity contribution in [2.75, 3.05) is 12.3 Å². The highest BCUT2D eigenvalue weighted by atomic mass is 35.5.